The molecular weight excluding hydrogens is 260 g/mol. The second kappa shape index (κ2) is 6.14. The lowest BCUT2D eigenvalue weighted by Crippen LogP contribution is -2.47. The van der Waals surface area contributed by atoms with Crippen LogP contribution in [0.1, 0.15) is 11.1 Å². The van der Waals surface area contributed by atoms with Crippen LogP contribution in [0.4, 0.5) is 11.5 Å². The zero-order valence-electron chi connectivity index (χ0n) is 12.5. The zero-order valence-corrected chi connectivity index (χ0v) is 12.5. The van der Waals surface area contributed by atoms with Crippen LogP contribution in [0, 0.1) is 6.92 Å². The number of rotatable bonds is 3. The van der Waals surface area contributed by atoms with Gasteiger partial charge in [0.15, 0.2) is 0 Å². The topological polar surface area (TPSA) is 45.4 Å². The van der Waals surface area contributed by atoms with Crippen LogP contribution in [-0.4, -0.2) is 31.2 Å². The van der Waals surface area contributed by atoms with E-state index in [1.54, 1.807) is 0 Å². The molecule has 0 aliphatic carbocycles. The Hall–Kier alpha value is -2.07. The Balaban J connectivity index is 1.68. The summed E-state index contributed by atoms with van der Waals surface area (Å²) in [4.78, 5) is 9.23. The van der Waals surface area contributed by atoms with Crippen LogP contribution in [0.25, 0.3) is 0 Å². The van der Waals surface area contributed by atoms with Crippen molar-refractivity contribution in [3.8, 4) is 0 Å². The van der Waals surface area contributed by atoms with Crippen molar-refractivity contribution >= 4 is 11.5 Å². The number of hydrogen-bond donors (Lipinski definition) is 1. The average molecular weight is 282 g/mol. The summed E-state index contributed by atoms with van der Waals surface area (Å²) < 4.78 is 0. The van der Waals surface area contributed by atoms with Gasteiger partial charge in [0.25, 0.3) is 0 Å². The standard InChI is InChI=1S/C17H22N4/c1-14-12-15(13-18)5-6-16(14)20-8-10-21(11-9-20)17-4-2-3-7-19-17/h2-7,12H,8-11,13,18H2,1H3. The molecule has 1 aliphatic rings. The lowest BCUT2D eigenvalue weighted by atomic mass is 10.1. The van der Waals surface area contributed by atoms with Gasteiger partial charge in [-0.2, -0.15) is 0 Å². The van der Waals surface area contributed by atoms with E-state index in [1.807, 2.05) is 18.3 Å². The van der Waals surface area contributed by atoms with Crippen molar-refractivity contribution in [2.45, 2.75) is 13.5 Å². The summed E-state index contributed by atoms with van der Waals surface area (Å²) in [5.41, 5.74) is 9.54. The first-order chi connectivity index (χ1) is 10.3. The van der Waals surface area contributed by atoms with Crippen molar-refractivity contribution in [1.29, 1.82) is 0 Å². The third kappa shape index (κ3) is 3.00. The van der Waals surface area contributed by atoms with Crippen LogP contribution in [0.2, 0.25) is 0 Å². The van der Waals surface area contributed by atoms with Gasteiger partial charge in [-0.1, -0.05) is 18.2 Å². The molecule has 0 amide bonds. The summed E-state index contributed by atoms with van der Waals surface area (Å²) >= 11 is 0. The number of nitrogens with zero attached hydrogens (tertiary/aromatic N) is 3. The van der Waals surface area contributed by atoms with Gasteiger partial charge in [0.05, 0.1) is 0 Å². The van der Waals surface area contributed by atoms with Gasteiger partial charge in [-0.15, -0.1) is 0 Å². The van der Waals surface area contributed by atoms with Crippen LogP contribution in [0.3, 0.4) is 0 Å². The Morgan fingerprint density at radius 1 is 1.05 bits per heavy atom. The Morgan fingerprint density at radius 2 is 1.81 bits per heavy atom. The molecule has 0 bridgehead atoms. The Morgan fingerprint density at radius 3 is 2.43 bits per heavy atom. The van der Waals surface area contributed by atoms with Crippen LogP contribution in [0.15, 0.2) is 42.6 Å². The first kappa shape index (κ1) is 13.9. The maximum absolute atomic E-state index is 5.70. The van der Waals surface area contributed by atoms with Crippen molar-refractivity contribution in [3.63, 3.8) is 0 Å². The summed E-state index contributed by atoms with van der Waals surface area (Å²) in [6.45, 7) is 6.84. The molecule has 1 fully saturated rings. The molecule has 0 spiro atoms. The molecule has 4 nitrogen and oxygen atoms in total. The van der Waals surface area contributed by atoms with Gasteiger partial charge in [-0.3, -0.25) is 0 Å². The highest BCUT2D eigenvalue weighted by Gasteiger charge is 2.19. The van der Waals surface area contributed by atoms with E-state index >= 15 is 0 Å². The van der Waals surface area contributed by atoms with Crippen molar-refractivity contribution in [1.82, 2.24) is 4.98 Å². The highest BCUT2D eigenvalue weighted by molar-refractivity contribution is 5.56. The van der Waals surface area contributed by atoms with Gasteiger partial charge in [0.2, 0.25) is 0 Å². The van der Waals surface area contributed by atoms with E-state index < -0.39 is 0 Å². The number of hydrogen-bond acceptors (Lipinski definition) is 4. The van der Waals surface area contributed by atoms with Gasteiger partial charge in [-0.25, -0.2) is 4.98 Å². The van der Waals surface area contributed by atoms with Crippen molar-refractivity contribution in [2.24, 2.45) is 5.73 Å². The Bertz CT molecular complexity index is 589. The number of piperazine rings is 1. The number of nitrogens with two attached hydrogens (primary N) is 1. The fourth-order valence-electron chi connectivity index (χ4n) is 2.92. The number of pyridine rings is 1. The summed E-state index contributed by atoms with van der Waals surface area (Å²) in [7, 11) is 0. The molecule has 110 valence electrons. The molecule has 0 atom stereocenters. The molecule has 3 rings (SSSR count). The highest BCUT2D eigenvalue weighted by atomic mass is 15.3. The molecule has 0 radical (unpaired) electrons. The second-order valence-electron chi connectivity index (χ2n) is 5.49. The minimum Gasteiger partial charge on any atom is -0.368 e. The lowest BCUT2D eigenvalue weighted by molar-refractivity contribution is 0.646. The molecule has 1 aromatic heterocycles. The smallest absolute Gasteiger partial charge is 0.128 e. The van der Waals surface area contributed by atoms with E-state index in [4.69, 9.17) is 5.73 Å². The van der Waals surface area contributed by atoms with Gasteiger partial charge >= 0.3 is 0 Å². The maximum Gasteiger partial charge on any atom is 0.128 e. The van der Waals surface area contributed by atoms with E-state index in [0.717, 1.165) is 32.0 Å². The first-order valence-electron chi connectivity index (χ1n) is 7.48. The van der Waals surface area contributed by atoms with Crippen LogP contribution in [0.5, 0.6) is 0 Å². The van der Waals surface area contributed by atoms with Crippen molar-refractivity contribution in [3.05, 3.63) is 53.7 Å². The van der Waals surface area contributed by atoms with Crippen LogP contribution in [-0.2, 0) is 6.54 Å². The Labute approximate surface area is 126 Å². The SMILES string of the molecule is Cc1cc(CN)ccc1N1CCN(c2ccccn2)CC1. The largest absolute Gasteiger partial charge is 0.368 e. The lowest BCUT2D eigenvalue weighted by Gasteiger charge is -2.37. The number of benzene rings is 1. The molecule has 2 N–H and O–H groups in total. The highest BCUT2D eigenvalue weighted by Crippen LogP contribution is 2.23. The molecule has 2 aromatic rings. The van der Waals surface area contributed by atoms with Gasteiger partial charge < -0.3 is 15.5 Å². The van der Waals surface area contributed by atoms with Crippen molar-refractivity contribution in [2.75, 3.05) is 36.0 Å². The molecule has 4 heteroatoms. The first-order valence-corrected chi connectivity index (χ1v) is 7.48. The van der Waals surface area contributed by atoms with Gasteiger partial charge in [0.1, 0.15) is 5.82 Å². The molecule has 2 heterocycles. The number of anilines is 2. The minimum absolute atomic E-state index is 0.606. The van der Waals surface area contributed by atoms with E-state index in [1.165, 1.54) is 16.8 Å². The molecule has 1 aliphatic heterocycles. The minimum atomic E-state index is 0.606. The average Bonchev–Trinajstić information content (AvgIpc) is 2.56. The Kier molecular flexibility index (Phi) is 4.06. The van der Waals surface area contributed by atoms with E-state index in [-0.39, 0.29) is 0 Å². The summed E-state index contributed by atoms with van der Waals surface area (Å²) in [6, 6.07) is 12.6. The fourth-order valence-corrected chi connectivity index (χ4v) is 2.92. The molecule has 0 saturated carbocycles. The number of aryl methyl sites for hydroxylation is 1. The molecule has 1 saturated heterocycles. The second-order valence-corrected chi connectivity index (χ2v) is 5.49. The third-order valence-corrected chi connectivity index (χ3v) is 4.09. The maximum atomic E-state index is 5.70. The summed E-state index contributed by atoms with van der Waals surface area (Å²) in [6.07, 6.45) is 1.86. The van der Waals surface area contributed by atoms with Crippen LogP contribution >= 0.6 is 0 Å². The molecule has 1 aromatic carbocycles. The predicted molar refractivity (Wildman–Crippen MR) is 87.7 cm³/mol. The van der Waals surface area contributed by atoms with Gasteiger partial charge in [-0.05, 0) is 36.2 Å². The summed E-state index contributed by atoms with van der Waals surface area (Å²) in [5.74, 6) is 1.08. The van der Waals surface area contributed by atoms with Crippen molar-refractivity contribution < 1.29 is 0 Å². The van der Waals surface area contributed by atoms with Gasteiger partial charge in [0, 0.05) is 44.6 Å². The monoisotopic (exact) mass is 282 g/mol. The molecular formula is C17H22N4. The third-order valence-electron chi connectivity index (χ3n) is 4.09. The summed E-state index contributed by atoms with van der Waals surface area (Å²) in [5, 5.41) is 0. The number of aromatic nitrogens is 1. The zero-order chi connectivity index (χ0) is 14.7. The van der Waals surface area contributed by atoms with Crippen LogP contribution < -0.4 is 15.5 Å². The molecule has 0 unspecified atom stereocenters. The van der Waals surface area contributed by atoms with E-state index in [0.29, 0.717) is 6.54 Å². The quantitative estimate of drug-likeness (QED) is 0.937. The predicted octanol–water partition coefficient (Wildman–Crippen LogP) is 2.18. The van der Waals surface area contributed by atoms with E-state index in [2.05, 4.69) is 46.0 Å². The van der Waals surface area contributed by atoms with E-state index in [9.17, 15) is 0 Å². The normalized spacial score (nSPS) is 15.3. The molecule has 21 heavy (non-hydrogen) atoms. The fraction of sp³-hybridized carbons (Fsp3) is 0.353.